The molecule has 0 saturated carbocycles. The zero-order valence-corrected chi connectivity index (χ0v) is 20.7. The summed E-state index contributed by atoms with van der Waals surface area (Å²) < 4.78 is 46.4. The van der Waals surface area contributed by atoms with Gasteiger partial charge in [0.05, 0.1) is 21.8 Å². The molecule has 0 radical (unpaired) electrons. The third-order valence-electron chi connectivity index (χ3n) is 6.37. The number of hydrogen-bond acceptors (Lipinski definition) is 6. The van der Waals surface area contributed by atoms with Gasteiger partial charge >= 0.3 is 6.18 Å². The van der Waals surface area contributed by atoms with E-state index >= 15 is 0 Å². The number of nitrogen functional groups attached to an aromatic ring is 1. The largest absolute Gasteiger partial charge is 0.437 e. The SMILES string of the molecule is C=CC(=O)N1CCCC(c2nc(-c3ccc(Oc4cc(C(F)(F)F)ccn4)c(Cl)c3)n3c(N)nccc23)C1. The molecule has 1 atom stereocenters. The molecule has 0 bridgehead atoms. The van der Waals surface area contributed by atoms with Crippen LogP contribution in [0.15, 0.2) is 61.4 Å². The maximum Gasteiger partial charge on any atom is 0.416 e. The quantitative estimate of drug-likeness (QED) is 0.323. The third-order valence-corrected chi connectivity index (χ3v) is 6.67. The van der Waals surface area contributed by atoms with Gasteiger partial charge in [0.25, 0.3) is 0 Å². The molecule has 1 amide bonds. The number of rotatable bonds is 5. The summed E-state index contributed by atoms with van der Waals surface area (Å²) >= 11 is 6.46. The zero-order valence-electron chi connectivity index (χ0n) is 20.0. The standard InChI is InChI=1S/C26H22ClF3N6O2/c1-2-22(37)35-11-3-4-16(14-35)23-19-8-10-33-25(31)36(19)24(34-23)15-5-6-20(18(27)12-15)38-21-13-17(7-9-32-21)26(28,29)30/h2,5-10,12-13,16H,1,3-4,11,14H2,(H2,31,33). The minimum atomic E-state index is -4.53. The molecular formula is C26H22ClF3N6O2. The Morgan fingerprint density at radius 2 is 1.97 bits per heavy atom. The summed E-state index contributed by atoms with van der Waals surface area (Å²) in [6.45, 7) is 4.73. The van der Waals surface area contributed by atoms with Crippen molar-refractivity contribution in [1.82, 2.24) is 24.3 Å². The van der Waals surface area contributed by atoms with Crippen molar-refractivity contribution < 1.29 is 22.7 Å². The van der Waals surface area contributed by atoms with Gasteiger partial charge < -0.3 is 15.4 Å². The van der Waals surface area contributed by atoms with E-state index in [9.17, 15) is 18.0 Å². The van der Waals surface area contributed by atoms with Gasteiger partial charge in [-0.15, -0.1) is 0 Å². The van der Waals surface area contributed by atoms with E-state index < -0.39 is 11.7 Å². The van der Waals surface area contributed by atoms with Gasteiger partial charge in [0.15, 0.2) is 0 Å². The first-order valence-corrected chi connectivity index (χ1v) is 12.1. The molecule has 38 heavy (non-hydrogen) atoms. The fourth-order valence-electron chi connectivity index (χ4n) is 4.58. The van der Waals surface area contributed by atoms with E-state index in [1.807, 2.05) is 6.07 Å². The first-order valence-electron chi connectivity index (χ1n) is 11.7. The Labute approximate surface area is 220 Å². The maximum absolute atomic E-state index is 13.0. The Hall–Kier alpha value is -4.12. The highest BCUT2D eigenvalue weighted by atomic mass is 35.5. The zero-order chi connectivity index (χ0) is 27.0. The van der Waals surface area contributed by atoms with Crippen molar-refractivity contribution in [3.8, 4) is 23.0 Å². The third kappa shape index (κ3) is 4.89. The van der Waals surface area contributed by atoms with Crippen molar-refractivity contribution >= 4 is 29.0 Å². The number of ether oxygens (including phenoxy) is 1. The monoisotopic (exact) mass is 542 g/mol. The van der Waals surface area contributed by atoms with Crippen LogP contribution < -0.4 is 10.5 Å². The number of fused-ring (bicyclic) bond motifs is 1. The lowest BCUT2D eigenvalue weighted by Gasteiger charge is -2.31. The molecule has 1 saturated heterocycles. The fraction of sp³-hybridized carbons (Fsp3) is 0.231. The van der Waals surface area contributed by atoms with Gasteiger partial charge in [-0.3, -0.25) is 9.20 Å². The number of hydrogen-bond donors (Lipinski definition) is 1. The molecule has 1 aliphatic rings. The Kier molecular flexibility index (Phi) is 6.70. The highest BCUT2D eigenvalue weighted by molar-refractivity contribution is 6.32. The smallest absolute Gasteiger partial charge is 0.416 e. The Morgan fingerprint density at radius 1 is 1.18 bits per heavy atom. The summed E-state index contributed by atoms with van der Waals surface area (Å²) in [6.07, 6.45) is 1.05. The van der Waals surface area contributed by atoms with Crippen LogP contribution >= 0.6 is 11.6 Å². The van der Waals surface area contributed by atoms with Crippen LogP contribution in [0.1, 0.15) is 30.0 Å². The fourth-order valence-corrected chi connectivity index (χ4v) is 4.80. The van der Waals surface area contributed by atoms with Gasteiger partial charge in [-0.05, 0) is 49.2 Å². The Bertz CT molecular complexity index is 1540. The van der Waals surface area contributed by atoms with Crippen LogP contribution in [0.4, 0.5) is 19.1 Å². The highest BCUT2D eigenvalue weighted by Gasteiger charge is 2.31. The molecule has 0 aliphatic carbocycles. The number of alkyl halides is 3. The second kappa shape index (κ2) is 9.97. The van der Waals surface area contributed by atoms with E-state index in [2.05, 4.69) is 16.5 Å². The number of carbonyl (C=O) groups is 1. The Morgan fingerprint density at radius 3 is 2.71 bits per heavy atom. The van der Waals surface area contributed by atoms with Crippen LogP contribution in [0.25, 0.3) is 16.9 Å². The second-order valence-corrected chi connectivity index (χ2v) is 9.21. The number of anilines is 1. The van der Waals surface area contributed by atoms with E-state index in [0.29, 0.717) is 24.5 Å². The molecule has 8 nitrogen and oxygen atoms in total. The molecule has 1 aromatic carbocycles. The number of halogens is 4. The average molecular weight is 543 g/mol. The summed E-state index contributed by atoms with van der Waals surface area (Å²) in [7, 11) is 0. The number of pyridine rings is 1. The van der Waals surface area contributed by atoms with Crippen molar-refractivity contribution in [1.29, 1.82) is 0 Å². The number of imidazole rings is 1. The average Bonchev–Trinajstić information content (AvgIpc) is 3.30. The van der Waals surface area contributed by atoms with E-state index in [4.69, 9.17) is 27.1 Å². The van der Waals surface area contributed by atoms with E-state index in [0.717, 1.165) is 42.4 Å². The molecule has 0 spiro atoms. The molecule has 1 fully saturated rings. The van der Waals surface area contributed by atoms with Crippen molar-refractivity contribution in [2.75, 3.05) is 18.8 Å². The minimum Gasteiger partial charge on any atom is -0.437 e. The molecule has 3 aromatic heterocycles. The van der Waals surface area contributed by atoms with Crippen molar-refractivity contribution in [2.45, 2.75) is 24.9 Å². The highest BCUT2D eigenvalue weighted by Crippen LogP contribution is 2.37. The van der Waals surface area contributed by atoms with Crippen molar-refractivity contribution in [3.05, 3.63) is 77.7 Å². The van der Waals surface area contributed by atoms with Crippen molar-refractivity contribution in [3.63, 3.8) is 0 Å². The summed E-state index contributed by atoms with van der Waals surface area (Å²) in [5.74, 6) is 0.433. The normalized spacial score (nSPS) is 16.0. The summed E-state index contributed by atoms with van der Waals surface area (Å²) in [6, 6.07) is 8.26. The molecule has 5 rings (SSSR count). The molecule has 2 N–H and O–H groups in total. The lowest BCUT2D eigenvalue weighted by molar-refractivity contribution is -0.137. The number of piperidine rings is 1. The van der Waals surface area contributed by atoms with E-state index in [1.165, 1.54) is 12.1 Å². The second-order valence-electron chi connectivity index (χ2n) is 8.80. The summed E-state index contributed by atoms with van der Waals surface area (Å²) in [5.41, 5.74) is 7.48. The molecule has 4 aromatic rings. The van der Waals surface area contributed by atoms with Crippen LogP contribution in [-0.2, 0) is 11.0 Å². The topological polar surface area (TPSA) is 98.6 Å². The number of benzene rings is 1. The molecule has 1 aliphatic heterocycles. The Balaban J connectivity index is 1.50. The van der Waals surface area contributed by atoms with Crippen LogP contribution in [0.3, 0.4) is 0 Å². The number of likely N-dealkylation sites (tertiary alicyclic amines) is 1. The summed E-state index contributed by atoms with van der Waals surface area (Å²) in [5, 5.41) is 0.142. The molecule has 196 valence electrons. The lowest BCUT2D eigenvalue weighted by Crippen LogP contribution is -2.38. The predicted octanol–water partition coefficient (Wildman–Crippen LogP) is 5.73. The molecule has 12 heteroatoms. The number of aromatic nitrogens is 4. The minimum absolute atomic E-state index is 0.0248. The first-order chi connectivity index (χ1) is 18.2. The predicted molar refractivity (Wildman–Crippen MR) is 136 cm³/mol. The molecule has 4 heterocycles. The van der Waals surface area contributed by atoms with Crippen LogP contribution in [0.2, 0.25) is 5.02 Å². The lowest BCUT2D eigenvalue weighted by atomic mass is 9.94. The van der Waals surface area contributed by atoms with Gasteiger partial charge in [-0.2, -0.15) is 13.2 Å². The van der Waals surface area contributed by atoms with Gasteiger partial charge in [-0.1, -0.05) is 18.2 Å². The van der Waals surface area contributed by atoms with Gasteiger partial charge in [0.2, 0.25) is 17.7 Å². The molecular weight excluding hydrogens is 521 g/mol. The van der Waals surface area contributed by atoms with Crippen LogP contribution in [-0.4, -0.2) is 43.2 Å². The van der Waals surface area contributed by atoms with Crippen LogP contribution in [0.5, 0.6) is 11.6 Å². The van der Waals surface area contributed by atoms with Crippen molar-refractivity contribution in [2.24, 2.45) is 0 Å². The van der Waals surface area contributed by atoms with Gasteiger partial charge in [0.1, 0.15) is 11.6 Å². The number of carbonyl (C=O) groups excluding carboxylic acids is 1. The molecule has 1 unspecified atom stereocenters. The summed E-state index contributed by atoms with van der Waals surface area (Å²) in [4.78, 5) is 26.9. The van der Waals surface area contributed by atoms with Gasteiger partial charge in [-0.25, -0.2) is 15.0 Å². The maximum atomic E-state index is 13.0. The number of nitrogens with zero attached hydrogens (tertiary/aromatic N) is 5. The van der Waals surface area contributed by atoms with E-state index in [1.54, 1.807) is 27.6 Å². The number of nitrogens with two attached hydrogens (primary N) is 1. The van der Waals surface area contributed by atoms with E-state index in [-0.39, 0.29) is 34.4 Å². The first kappa shape index (κ1) is 25.5. The van der Waals surface area contributed by atoms with Gasteiger partial charge in [0, 0.05) is 43.0 Å². The van der Waals surface area contributed by atoms with Crippen LogP contribution in [0, 0.1) is 0 Å². The number of amides is 1.